The van der Waals surface area contributed by atoms with Crippen molar-refractivity contribution < 1.29 is 8.42 Å². The van der Waals surface area contributed by atoms with E-state index in [1.807, 2.05) is 38.1 Å². The number of sulfonamides is 1. The van der Waals surface area contributed by atoms with Crippen molar-refractivity contribution in [1.82, 2.24) is 4.98 Å². The number of aromatic nitrogens is 1. The van der Waals surface area contributed by atoms with Gasteiger partial charge in [0.2, 0.25) is 0 Å². The lowest BCUT2D eigenvalue weighted by molar-refractivity contribution is 0.601. The number of hydrogen-bond acceptors (Lipinski definition) is 5. The number of benzene rings is 1. The van der Waals surface area contributed by atoms with E-state index in [1.54, 1.807) is 24.4 Å². The minimum atomic E-state index is -3.65. The van der Waals surface area contributed by atoms with Crippen molar-refractivity contribution in [3.63, 3.8) is 0 Å². The molecule has 7 heteroatoms. The molecule has 0 spiro atoms. The molecule has 25 heavy (non-hydrogen) atoms. The lowest BCUT2D eigenvalue weighted by Gasteiger charge is -2.18. The van der Waals surface area contributed by atoms with E-state index in [0.717, 1.165) is 30.2 Å². The van der Waals surface area contributed by atoms with Gasteiger partial charge in [-0.25, -0.2) is 13.4 Å². The van der Waals surface area contributed by atoms with E-state index in [4.69, 9.17) is 0 Å². The first kappa shape index (κ1) is 17.5. The Morgan fingerprint density at radius 1 is 1.12 bits per heavy atom. The second-order valence-corrected chi connectivity index (χ2v) is 8.23. The number of nitrogens with one attached hydrogen (secondary N) is 1. The first-order valence-electron chi connectivity index (χ1n) is 8.38. The Kier molecular flexibility index (Phi) is 4.85. The highest BCUT2D eigenvalue weighted by Crippen LogP contribution is 2.25. The van der Waals surface area contributed by atoms with E-state index in [1.165, 1.54) is 12.8 Å². The van der Waals surface area contributed by atoms with Crippen molar-refractivity contribution >= 4 is 27.2 Å². The summed E-state index contributed by atoms with van der Waals surface area (Å²) in [6.07, 6.45) is 3.93. The molecule has 1 aliphatic heterocycles. The molecule has 1 aromatic heterocycles. The van der Waals surface area contributed by atoms with Gasteiger partial charge in [-0.1, -0.05) is 6.07 Å². The van der Waals surface area contributed by atoms with Gasteiger partial charge in [0.05, 0.1) is 16.8 Å². The van der Waals surface area contributed by atoms with Crippen LogP contribution in [0.4, 0.5) is 17.2 Å². The minimum absolute atomic E-state index is 0.241. The summed E-state index contributed by atoms with van der Waals surface area (Å²) in [6.45, 7) is 3.98. The van der Waals surface area contributed by atoms with E-state index >= 15 is 0 Å². The second-order valence-electron chi connectivity index (χ2n) is 6.55. The molecule has 0 amide bonds. The van der Waals surface area contributed by atoms with Crippen molar-refractivity contribution in [1.29, 1.82) is 0 Å². The molecule has 1 N–H and O–H groups in total. The van der Waals surface area contributed by atoms with Crippen molar-refractivity contribution in [3.05, 3.63) is 42.1 Å². The van der Waals surface area contributed by atoms with Crippen LogP contribution in [0.15, 0.2) is 41.4 Å². The van der Waals surface area contributed by atoms with Crippen LogP contribution >= 0.6 is 0 Å². The maximum atomic E-state index is 12.7. The predicted molar refractivity (Wildman–Crippen MR) is 102 cm³/mol. The minimum Gasteiger partial charge on any atom is -0.377 e. The fourth-order valence-corrected chi connectivity index (χ4v) is 4.09. The molecule has 0 aliphatic carbocycles. The topological polar surface area (TPSA) is 65.5 Å². The molecule has 1 saturated heterocycles. The zero-order valence-electron chi connectivity index (χ0n) is 14.9. The van der Waals surface area contributed by atoms with Crippen LogP contribution < -0.4 is 14.5 Å². The van der Waals surface area contributed by atoms with Crippen LogP contribution in [-0.2, 0) is 10.0 Å². The average Bonchev–Trinajstić information content (AvgIpc) is 3.09. The zero-order chi connectivity index (χ0) is 18.0. The molecule has 1 fully saturated rings. The summed E-state index contributed by atoms with van der Waals surface area (Å²) >= 11 is 0. The lowest BCUT2D eigenvalue weighted by Crippen LogP contribution is -2.19. The highest BCUT2D eigenvalue weighted by atomic mass is 32.2. The Bertz CT molecular complexity index is 842. The number of anilines is 3. The molecular formula is C18H24N4O2S. The maximum Gasteiger partial charge on any atom is 0.262 e. The Balaban J connectivity index is 1.80. The summed E-state index contributed by atoms with van der Waals surface area (Å²) < 4.78 is 27.9. The van der Waals surface area contributed by atoms with Crippen LogP contribution in [0.1, 0.15) is 18.4 Å². The SMILES string of the molecule is Cc1ccc(S(=O)(=O)Nc2ccc(N3CCCC3)nc2)cc1N(C)C. The lowest BCUT2D eigenvalue weighted by atomic mass is 10.2. The van der Waals surface area contributed by atoms with Crippen LogP contribution in [0.2, 0.25) is 0 Å². The average molecular weight is 360 g/mol. The van der Waals surface area contributed by atoms with Gasteiger partial charge in [0.1, 0.15) is 5.82 Å². The third-order valence-corrected chi connectivity index (χ3v) is 5.78. The van der Waals surface area contributed by atoms with E-state index in [-0.39, 0.29) is 4.90 Å². The summed E-state index contributed by atoms with van der Waals surface area (Å²) in [6, 6.07) is 8.75. The number of pyridine rings is 1. The third-order valence-electron chi connectivity index (χ3n) is 4.40. The van der Waals surface area contributed by atoms with Gasteiger partial charge in [-0.2, -0.15) is 0 Å². The van der Waals surface area contributed by atoms with Crippen LogP contribution in [0.5, 0.6) is 0 Å². The summed E-state index contributed by atoms with van der Waals surface area (Å²) in [5, 5.41) is 0. The Morgan fingerprint density at radius 3 is 2.44 bits per heavy atom. The molecule has 0 bridgehead atoms. The Hall–Kier alpha value is -2.28. The molecule has 1 aliphatic rings. The van der Waals surface area contributed by atoms with Crippen molar-refractivity contribution in [2.24, 2.45) is 0 Å². The van der Waals surface area contributed by atoms with Gasteiger partial charge in [0, 0.05) is 32.9 Å². The molecule has 2 aromatic rings. The van der Waals surface area contributed by atoms with Gasteiger partial charge in [-0.15, -0.1) is 0 Å². The molecular weight excluding hydrogens is 336 g/mol. The van der Waals surface area contributed by atoms with Gasteiger partial charge in [0.25, 0.3) is 10.0 Å². The van der Waals surface area contributed by atoms with E-state index in [2.05, 4.69) is 14.6 Å². The summed E-state index contributed by atoms with van der Waals surface area (Å²) in [7, 11) is 0.144. The first-order chi connectivity index (χ1) is 11.9. The number of aryl methyl sites for hydroxylation is 1. The molecule has 6 nitrogen and oxygen atoms in total. The van der Waals surface area contributed by atoms with Gasteiger partial charge < -0.3 is 9.80 Å². The summed E-state index contributed by atoms with van der Waals surface area (Å²) in [5.41, 5.74) is 2.38. The molecule has 1 aromatic carbocycles. The molecule has 0 radical (unpaired) electrons. The van der Waals surface area contributed by atoms with Crippen molar-refractivity contribution in [2.45, 2.75) is 24.7 Å². The van der Waals surface area contributed by atoms with Crippen molar-refractivity contribution in [2.75, 3.05) is 41.7 Å². The maximum absolute atomic E-state index is 12.7. The standard InChI is InChI=1S/C18H24N4O2S/c1-14-6-8-16(12-17(14)21(2)3)25(23,24)20-15-7-9-18(19-13-15)22-10-4-5-11-22/h6-9,12-13,20H,4-5,10-11H2,1-3H3. The highest BCUT2D eigenvalue weighted by molar-refractivity contribution is 7.92. The molecule has 0 saturated carbocycles. The smallest absolute Gasteiger partial charge is 0.262 e. The van der Waals surface area contributed by atoms with E-state index < -0.39 is 10.0 Å². The number of nitrogens with zero attached hydrogens (tertiary/aromatic N) is 3. The van der Waals surface area contributed by atoms with Crippen LogP contribution in [0.3, 0.4) is 0 Å². The summed E-state index contributed by atoms with van der Waals surface area (Å²) in [4.78, 5) is 8.74. The molecule has 3 rings (SSSR count). The molecule has 2 heterocycles. The zero-order valence-corrected chi connectivity index (χ0v) is 15.7. The molecule has 134 valence electrons. The third kappa shape index (κ3) is 3.87. The quantitative estimate of drug-likeness (QED) is 0.888. The fourth-order valence-electron chi connectivity index (χ4n) is 3.03. The van der Waals surface area contributed by atoms with Gasteiger partial charge >= 0.3 is 0 Å². The van der Waals surface area contributed by atoms with Crippen LogP contribution in [-0.4, -0.2) is 40.6 Å². The van der Waals surface area contributed by atoms with Crippen LogP contribution in [0.25, 0.3) is 0 Å². The Morgan fingerprint density at radius 2 is 1.84 bits per heavy atom. The normalized spacial score (nSPS) is 14.6. The van der Waals surface area contributed by atoms with Crippen LogP contribution in [0, 0.1) is 6.92 Å². The first-order valence-corrected chi connectivity index (χ1v) is 9.87. The molecule has 0 unspecified atom stereocenters. The van der Waals surface area contributed by atoms with Crippen molar-refractivity contribution in [3.8, 4) is 0 Å². The largest absolute Gasteiger partial charge is 0.377 e. The van der Waals surface area contributed by atoms with Gasteiger partial charge in [0.15, 0.2) is 0 Å². The second kappa shape index (κ2) is 6.92. The Labute approximate surface area is 149 Å². The summed E-state index contributed by atoms with van der Waals surface area (Å²) in [5.74, 6) is 0.894. The predicted octanol–water partition coefficient (Wildman–Crippen LogP) is 2.86. The van der Waals surface area contributed by atoms with Gasteiger partial charge in [-0.05, 0) is 49.6 Å². The monoisotopic (exact) mass is 360 g/mol. The van der Waals surface area contributed by atoms with E-state index in [9.17, 15) is 8.42 Å². The number of rotatable bonds is 5. The van der Waals surface area contributed by atoms with E-state index in [0.29, 0.717) is 5.69 Å². The van der Waals surface area contributed by atoms with Gasteiger partial charge in [-0.3, -0.25) is 4.72 Å². The number of hydrogen-bond donors (Lipinski definition) is 1. The fraction of sp³-hybridized carbons (Fsp3) is 0.389. The molecule has 0 atom stereocenters. The highest BCUT2D eigenvalue weighted by Gasteiger charge is 2.17.